The first-order valence-electron chi connectivity index (χ1n) is 7.04. The zero-order valence-electron chi connectivity index (χ0n) is 11.3. The molecule has 2 heteroatoms. The summed E-state index contributed by atoms with van der Waals surface area (Å²) in [6, 6.07) is 1.45. The summed E-state index contributed by atoms with van der Waals surface area (Å²) < 4.78 is 0. The molecule has 1 saturated heterocycles. The molecule has 1 saturated carbocycles. The van der Waals surface area contributed by atoms with Gasteiger partial charge in [0.1, 0.15) is 0 Å². The van der Waals surface area contributed by atoms with Crippen LogP contribution in [0.25, 0.3) is 0 Å². The van der Waals surface area contributed by atoms with Crippen LogP contribution in [0.3, 0.4) is 0 Å². The average Bonchev–Trinajstić information content (AvgIpc) is 2.26. The van der Waals surface area contributed by atoms with Crippen molar-refractivity contribution in [2.45, 2.75) is 64.5 Å². The topological polar surface area (TPSA) is 15.3 Å². The van der Waals surface area contributed by atoms with Crippen LogP contribution in [0.2, 0.25) is 0 Å². The number of rotatable bonds is 2. The standard InChI is InChI=1S/C14H28N2/c1-12(2)15-13-4-6-14(7-5-13)8-10-16(3)11-9-14/h12-13,15H,4-11H2,1-3H3. The fourth-order valence-corrected chi connectivity index (χ4v) is 3.46. The van der Waals surface area contributed by atoms with Gasteiger partial charge in [-0.25, -0.2) is 0 Å². The van der Waals surface area contributed by atoms with E-state index in [1.807, 2.05) is 0 Å². The van der Waals surface area contributed by atoms with Crippen LogP contribution >= 0.6 is 0 Å². The highest BCUT2D eigenvalue weighted by molar-refractivity contribution is 4.91. The zero-order chi connectivity index (χ0) is 11.6. The van der Waals surface area contributed by atoms with Gasteiger partial charge in [0, 0.05) is 12.1 Å². The molecule has 0 amide bonds. The third-order valence-corrected chi connectivity index (χ3v) is 4.66. The van der Waals surface area contributed by atoms with Gasteiger partial charge >= 0.3 is 0 Å². The van der Waals surface area contributed by atoms with Gasteiger partial charge in [-0.05, 0) is 64.1 Å². The lowest BCUT2D eigenvalue weighted by molar-refractivity contribution is 0.0686. The molecule has 0 radical (unpaired) electrons. The Morgan fingerprint density at radius 2 is 1.62 bits per heavy atom. The van der Waals surface area contributed by atoms with Gasteiger partial charge in [-0.2, -0.15) is 0 Å². The summed E-state index contributed by atoms with van der Waals surface area (Å²) in [6.45, 7) is 7.17. The van der Waals surface area contributed by atoms with E-state index in [2.05, 4.69) is 31.1 Å². The molecule has 2 rings (SSSR count). The molecule has 2 fully saturated rings. The van der Waals surface area contributed by atoms with Gasteiger partial charge in [0.2, 0.25) is 0 Å². The molecule has 1 aliphatic heterocycles. The van der Waals surface area contributed by atoms with Crippen LogP contribution in [-0.2, 0) is 0 Å². The molecule has 2 nitrogen and oxygen atoms in total. The second-order valence-electron chi connectivity index (χ2n) is 6.40. The van der Waals surface area contributed by atoms with Crippen molar-refractivity contribution in [1.82, 2.24) is 10.2 Å². The Labute approximate surface area is 101 Å². The first-order chi connectivity index (χ1) is 7.60. The molecule has 0 unspecified atom stereocenters. The fourth-order valence-electron chi connectivity index (χ4n) is 3.46. The first-order valence-corrected chi connectivity index (χ1v) is 7.04. The van der Waals surface area contributed by atoms with Gasteiger partial charge in [0.05, 0.1) is 0 Å². The van der Waals surface area contributed by atoms with E-state index < -0.39 is 0 Å². The van der Waals surface area contributed by atoms with E-state index in [0.717, 1.165) is 11.5 Å². The van der Waals surface area contributed by atoms with Crippen LogP contribution in [0.1, 0.15) is 52.4 Å². The van der Waals surface area contributed by atoms with E-state index in [0.29, 0.717) is 6.04 Å². The summed E-state index contributed by atoms with van der Waals surface area (Å²) in [4.78, 5) is 2.49. The van der Waals surface area contributed by atoms with Crippen molar-refractivity contribution in [3.8, 4) is 0 Å². The Bertz CT molecular complexity index is 207. The Morgan fingerprint density at radius 1 is 1.06 bits per heavy atom. The van der Waals surface area contributed by atoms with Crippen LogP contribution in [0.4, 0.5) is 0 Å². The summed E-state index contributed by atoms with van der Waals surface area (Å²) in [7, 11) is 2.26. The van der Waals surface area contributed by atoms with Crippen molar-refractivity contribution in [2.75, 3.05) is 20.1 Å². The predicted molar refractivity (Wildman–Crippen MR) is 69.7 cm³/mol. The lowest BCUT2D eigenvalue weighted by atomic mass is 9.67. The molecule has 0 aromatic rings. The minimum absolute atomic E-state index is 0.650. The summed E-state index contributed by atoms with van der Waals surface area (Å²) in [6.07, 6.45) is 8.62. The molecular weight excluding hydrogens is 196 g/mol. The van der Waals surface area contributed by atoms with Crippen molar-refractivity contribution in [3.63, 3.8) is 0 Å². The number of nitrogens with zero attached hydrogens (tertiary/aromatic N) is 1. The van der Waals surface area contributed by atoms with E-state index >= 15 is 0 Å². The van der Waals surface area contributed by atoms with Crippen molar-refractivity contribution in [3.05, 3.63) is 0 Å². The highest BCUT2D eigenvalue weighted by atomic mass is 15.1. The summed E-state index contributed by atoms with van der Waals surface area (Å²) in [5.74, 6) is 0. The smallest absolute Gasteiger partial charge is 0.00698 e. The highest BCUT2D eigenvalue weighted by Crippen LogP contribution is 2.44. The quantitative estimate of drug-likeness (QED) is 0.776. The van der Waals surface area contributed by atoms with Gasteiger partial charge in [0.25, 0.3) is 0 Å². The van der Waals surface area contributed by atoms with Crippen molar-refractivity contribution < 1.29 is 0 Å². The number of likely N-dealkylation sites (tertiary alicyclic amines) is 1. The molecular formula is C14H28N2. The number of hydrogen-bond acceptors (Lipinski definition) is 2. The van der Waals surface area contributed by atoms with Crippen molar-refractivity contribution in [1.29, 1.82) is 0 Å². The first kappa shape index (κ1) is 12.4. The lowest BCUT2D eigenvalue weighted by Gasteiger charge is -2.45. The van der Waals surface area contributed by atoms with Gasteiger partial charge in [-0.15, -0.1) is 0 Å². The van der Waals surface area contributed by atoms with Crippen LogP contribution in [0, 0.1) is 5.41 Å². The van der Waals surface area contributed by atoms with Gasteiger partial charge in [0.15, 0.2) is 0 Å². The number of nitrogens with one attached hydrogen (secondary N) is 1. The van der Waals surface area contributed by atoms with E-state index in [1.165, 1.54) is 51.6 Å². The van der Waals surface area contributed by atoms with Crippen molar-refractivity contribution in [2.24, 2.45) is 5.41 Å². The summed E-state index contributed by atoms with van der Waals surface area (Å²) >= 11 is 0. The minimum Gasteiger partial charge on any atom is -0.312 e. The molecule has 94 valence electrons. The third kappa shape index (κ3) is 2.98. The second kappa shape index (κ2) is 5.05. The molecule has 1 aliphatic carbocycles. The SMILES string of the molecule is CC(C)NC1CCC2(CC1)CCN(C)CC2. The maximum Gasteiger partial charge on any atom is 0.00698 e. The zero-order valence-corrected chi connectivity index (χ0v) is 11.3. The van der Waals surface area contributed by atoms with Crippen molar-refractivity contribution >= 4 is 0 Å². The Kier molecular flexibility index (Phi) is 3.91. The lowest BCUT2D eigenvalue weighted by Crippen LogP contribution is -2.44. The van der Waals surface area contributed by atoms with E-state index in [9.17, 15) is 0 Å². The maximum atomic E-state index is 3.70. The largest absolute Gasteiger partial charge is 0.312 e. The molecule has 16 heavy (non-hydrogen) atoms. The van der Waals surface area contributed by atoms with E-state index in [-0.39, 0.29) is 0 Å². The molecule has 1 N–H and O–H groups in total. The number of hydrogen-bond donors (Lipinski definition) is 1. The van der Waals surface area contributed by atoms with Gasteiger partial charge in [-0.1, -0.05) is 13.8 Å². The summed E-state index contributed by atoms with van der Waals surface area (Å²) in [5.41, 5.74) is 0.724. The molecule has 1 spiro atoms. The van der Waals surface area contributed by atoms with E-state index in [1.54, 1.807) is 0 Å². The second-order valence-corrected chi connectivity index (χ2v) is 6.40. The van der Waals surface area contributed by atoms with Gasteiger partial charge < -0.3 is 10.2 Å². The molecule has 0 aromatic heterocycles. The molecule has 0 bridgehead atoms. The highest BCUT2D eigenvalue weighted by Gasteiger charge is 2.37. The van der Waals surface area contributed by atoms with Gasteiger partial charge in [-0.3, -0.25) is 0 Å². The fraction of sp³-hybridized carbons (Fsp3) is 1.00. The third-order valence-electron chi connectivity index (χ3n) is 4.66. The van der Waals surface area contributed by atoms with Crippen LogP contribution in [0.5, 0.6) is 0 Å². The maximum absolute atomic E-state index is 3.70. The predicted octanol–water partition coefficient (Wildman–Crippen LogP) is 2.64. The number of piperidine rings is 1. The molecule has 0 atom stereocenters. The van der Waals surface area contributed by atoms with E-state index in [4.69, 9.17) is 0 Å². The van der Waals surface area contributed by atoms with Crippen LogP contribution in [-0.4, -0.2) is 37.1 Å². The molecule has 1 heterocycles. The minimum atomic E-state index is 0.650. The Morgan fingerprint density at radius 3 is 2.12 bits per heavy atom. The monoisotopic (exact) mass is 224 g/mol. The molecule has 0 aromatic carbocycles. The molecule has 2 aliphatic rings. The van der Waals surface area contributed by atoms with Crippen LogP contribution < -0.4 is 5.32 Å². The van der Waals surface area contributed by atoms with Crippen LogP contribution in [0.15, 0.2) is 0 Å². The average molecular weight is 224 g/mol. The summed E-state index contributed by atoms with van der Waals surface area (Å²) in [5, 5.41) is 3.70. The Balaban J connectivity index is 1.80. The Hall–Kier alpha value is -0.0800. The normalized spacial score (nSPS) is 27.8.